The molecule has 30 heavy (non-hydrogen) atoms. The number of pyridine rings is 1. The number of rotatable bonds is 7. The van der Waals surface area contributed by atoms with Crippen molar-refractivity contribution in [1.29, 1.82) is 0 Å². The number of carbonyl (C=O) groups excluding carboxylic acids is 2. The first-order valence-corrected chi connectivity index (χ1v) is 8.88. The van der Waals surface area contributed by atoms with E-state index in [4.69, 9.17) is 14.2 Å². The molecule has 8 heteroatoms. The molecular weight excluding hydrogens is 386 g/mol. The van der Waals surface area contributed by atoms with Gasteiger partial charge in [0.25, 0.3) is 5.91 Å². The zero-order valence-corrected chi connectivity index (χ0v) is 16.4. The molecule has 1 amide bonds. The maximum Gasteiger partial charge on any atom is 0.343 e. The molecule has 8 nitrogen and oxygen atoms in total. The van der Waals surface area contributed by atoms with Gasteiger partial charge < -0.3 is 14.2 Å². The Morgan fingerprint density at radius 1 is 0.900 bits per heavy atom. The Morgan fingerprint density at radius 2 is 1.63 bits per heavy atom. The summed E-state index contributed by atoms with van der Waals surface area (Å²) in [6, 6.07) is 14.6. The Balaban J connectivity index is 1.66. The van der Waals surface area contributed by atoms with Gasteiger partial charge >= 0.3 is 5.97 Å². The van der Waals surface area contributed by atoms with Crippen molar-refractivity contribution in [2.75, 3.05) is 14.2 Å². The molecule has 3 rings (SSSR count). The molecule has 0 saturated heterocycles. The summed E-state index contributed by atoms with van der Waals surface area (Å²) in [5.74, 6) is 0.369. The Morgan fingerprint density at radius 3 is 2.30 bits per heavy atom. The third-order valence-corrected chi connectivity index (χ3v) is 4.04. The number of aromatic nitrogens is 1. The molecule has 1 aromatic heterocycles. The van der Waals surface area contributed by atoms with E-state index in [1.54, 1.807) is 61.7 Å². The van der Waals surface area contributed by atoms with Gasteiger partial charge in [-0.1, -0.05) is 0 Å². The Labute approximate surface area is 173 Å². The lowest BCUT2D eigenvalue weighted by atomic mass is 10.2. The summed E-state index contributed by atoms with van der Waals surface area (Å²) >= 11 is 0. The average molecular weight is 405 g/mol. The van der Waals surface area contributed by atoms with Gasteiger partial charge in [-0.25, -0.2) is 10.2 Å². The van der Waals surface area contributed by atoms with Crippen molar-refractivity contribution in [1.82, 2.24) is 10.4 Å². The van der Waals surface area contributed by atoms with Crippen molar-refractivity contribution in [2.24, 2.45) is 5.10 Å². The van der Waals surface area contributed by atoms with Crippen LogP contribution in [0.15, 0.2) is 72.1 Å². The Hall–Kier alpha value is -4.20. The van der Waals surface area contributed by atoms with Crippen LogP contribution in [0.5, 0.6) is 17.2 Å². The molecule has 0 spiro atoms. The number of methoxy groups -OCH3 is 2. The van der Waals surface area contributed by atoms with Gasteiger partial charge in [0.15, 0.2) is 11.5 Å². The molecule has 0 saturated carbocycles. The first kappa shape index (κ1) is 20.5. The molecule has 0 atom stereocenters. The van der Waals surface area contributed by atoms with Crippen molar-refractivity contribution in [3.63, 3.8) is 0 Å². The summed E-state index contributed by atoms with van der Waals surface area (Å²) < 4.78 is 15.8. The van der Waals surface area contributed by atoms with E-state index in [1.165, 1.54) is 25.7 Å². The molecule has 1 N–H and O–H groups in total. The molecule has 0 aliphatic rings. The highest BCUT2D eigenvalue weighted by Gasteiger charge is 2.13. The molecule has 0 aliphatic carbocycles. The van der Waals surface area contributed by atoms with Crippen LogP contribution in [-0.4, -0.2) is 37.3 Å². The number of esters is 1. The van der Waals surface area contributed by atoms with Crippen LogP contribution in [0, 0.1) is 0 Å². The predicted molar refractivity (Wildman–Crippen MR) is 110 cm³/mol. The second-order valence-corrected chi connectivity index (χ2v) is 5.96. The molecule has 0 bridgehead atoms. The number of hydrogen-bond donors (Lipinski definition) is 1. The summed E-state index contributed by atoms with van der Waals surface area (Å²) in [4.78, 5) is 28.2. The zero-order chi connectivity index (χ0) is 21.3. The number of nitrogens with one attached hydrogen (secondary N) is 1. The van der Waals surface area contributed by atoms with Gasteiger partial charge in [0, 0.05) is 18.0 Å². The summed E-state index contributed by atoms with van der Waals surface area (Å²) in [7, 11) is 3.01. The number of nitrogens with zero attached hydrogens (tertiary/aromatic N) is 2. The lowest BCUT2D eigenvalue weighted by Gasteiger charge is -2.10. The monoisotopic (exact) mass is 405 g/mol. The van der Waals surface area contributed by atoms with Gasteiger partial charge in [-0.05, 0) is 60.2 Å². The van der Waals surface area contributed by atoms with Crippen LogP contribution in [0.4, 0.5) is 0 Å². The highest BCUT2D eigenvalue weighted by Crippen LogP contribution is 2.28. The fourth-order valence-corrected chi connectivity index (χ4v) is 2.47. The number of hydrazone groups is 1. The van der Waals surface area contributed by atoms with Crippen LogP contribution in [0.1, 0.15) is 26.3 Å². The molecule has 0 unspecified atom stereocenters. The predicted octanol–water partition coefficient (Wildman–Crippen LogP) is 3.08. The summed E-state index contributed by atoms with van der Waals surface area (Å²) in [5.41, 5.74) is 3.90. The lowest BCUT2D eigenvalue weighted by molar-refractivity contribution is 0.0729. The minimum atomic E-state index is -0.526. The molecule has 1 heterocycles. The quantitative estimate of drug-likeness (QED) is 0.281. The molecule has 152 valence electrons. The van der Waals surface area contributed by atoms with E-state index < -0.39 is 5.97 Å². The standard InChI is InChI=1S/C22H19N3O5/c1-28-18-6-4-17(5-7-18)22(27)30-19-8-3-15(13-20(19)29-2)14-24-25-21(26)16-9-11-23-12-10-16/h3-14H,1-2H3,(H,25,26). The van der Waals surface area contributed by atoms with Gasteiger partial charge in [-0.2, -0.15) is 5.10 Å². The zero-order valence-electron chi connectivity index (χ0n) is 16.4. The fourth-order valence-electron chi connectivity index (χ4n) is 2.47. The number of benzene rings is 2. The van der Waals surface area contributed by atoms with Crippen LogP contribution in [0.2, 0.25) is 0 Å². The Bertz CT molecular complexity index is 1050. The molecule has 3 aromatic rings. The van der Waals surface area contributed by atoms with E-state index in [9.17, 15) is 9.59 Å². The highest BCUT2D eigenvalue weighted by atomic mass is 16.6. The van der Waals surface area contributed by atoms with Crippen molar-refractivity contribution in [3.8, 4) is 17.2 Å². The maximum atomic E-state index is 12.4. The van der Waals surface area contributed by atoms with E-state index in [1.807, 2.05) is 0 Å². The van der Waals surface area contributed by atoms with Gasteiger partial charge in [-0.3, -0.25) is 9.78 Å². The van der Waals surface area contributed by atoms with E-state index in [0.717, 1.165) is 0 Å². The lowest BCUT2D eigenvalue weighted by Crippen LogP contribution is -2.17. The maximum absolute atomic E-state index is 12.4. The Kier molecular flexibility index (Phi) is 6.73. The number of hydrogen-bond acceptors (Lipinski definition) is 7. The average Bonchev–Trinajstić information content (AvgIpc) is 2.80. The largest absolute Gasteiger partial charge is 0.497 e. The first-order chi connectivity index (χ1) is 14.6. The van der Waals surface area contributed by atoms with Crippen molar-refractivity contribution in [3.05, 3.63) is 83.7 Å². The molecule has 0 radical (unpaired) electrons. The van der Waals surface area contributed by atoms with Gasteiger partial charge in [0.1, 0.15) is 5.75 Å². The molecule has 2 aromatic carbocycles. The third-order valence-electron chi connectivity index (χ3n) is 4.04. The van der Waals surface area contributed by atoms with Crippen LogP contribution < -0.4 is 19.6 Å². The van der Waals surface area contributed by atoms with Crippen LogP contribution >= 0.6 is 0 Å². The molecule has 0 aliphatic heterocycles. The van der Waals surface area contributed by atoms with Crippen molar-refractivity contribution >= 4 is 18.1 Å². The SMILES string of the molecule is COc1ccc(C(=O)Oc2ccc(C=NNC(=O)c3ccncc3)cc2OC)cc1. The smallest absolute Gasteiger partial charge is 0.343 e. The third kappa shape index (κ3) is 5.20. The van der Waals surface area contributed by atoms with Crippen LogP contribution in [0.3, 0.4) is 0 Å². The summed E-state index contributed by atoms with van der Waals surface area (Å²) in [6.45, 7) is 0. The van der Waals surface area contributed by atoms with Crippen molar-refractivity contribution in [2.45, 2.75) is 0 Å². The van der Waals surface area contributed by atoms with Gasteiger partial charge in [-0.15, -0.1) is 0 Å². The second-order valence-electron chi connectivity index (χ2n) is 5.96. The fraction of sp³-hybridized carbons (Fsp3) is 0.0909. The number of amides is 1. The van der Waals surface area contributed by atoms with E-state index in [0.29, 0.717) is 28.2 Å². The number of ether oxygens (including phenoxy) is 3. The minimum Gasteiger partial charge on any atom is -0.497 e. The van der Waals surface area contributed by atoms with Crippen molar-refractivity contribution < 1.29 is 23.8 Å². The number of carbonyl (C=O) groups is 2. The van der Waals surface area contributed by atoms with E-state index in [2.05, 4.69) is 15.5 Å². The summed E-state index contributed by atoms with van der Waals surface area (Å²) in [5, 5.41) is 3.93. The van der Waals surface area contributed by atoms with Crippen LogP contribution in [-0.2, 0) is 0 Å². The normalized spacial score (nSPS) is 10.5. The second kappa shape index (κ2) is 9.83. The van der Waals surface area contributed by atoms with E-state index >= 15 is 0 Å². The molecular formula is C22H19N3O5. The highest BCUT2D eigenvalue weighted by molar-refractivity contribution is 5.95. The topological polar surface area (TPSA) is 99.1 Å². The molecule has 0 fully saturated rings. The minimum absolute atomic E-state index is 0.260. The summed E-state index contributed by atoms with van der Waals surface area (Å²) in [6.07, 6.45) is 4.50. The van der Waals surface area contributed by atoms with Gasteiger partial charge in [0.2, 0.25) is 0 Å². The van der Waals surface area contributed by atoms with Crippen LogP contribution in [0.25, 0.3) is 0 Å². The van der Waals surface area contributed by atoms with Gasteiger partial charge in [0.05, 0.1) is 26.0 Å². The van der Waals surface area contributed by atoms with E-state index in [-0.39, 0.29) is 11.7 Å². The first-order valence-electron chi connectivity index (χ1n) is 8.88.